The van der Waals surface area contributed by atoms with Crippen LogP contribution in [-0.2, 0) is 22.4 Å². The number of fused-ring (bicyclic) bond motifs is 1. The first-order chi connectivity index (χ1) is 19.4. The third-order valence-electron chi connectivity index (χ3n) is 6.59. The van der Waals surface area contributed by atoms with E-state index in [-0.39, 0.29) is 18.6 Å². The van der Waals surface area contributed by atoms with Gasteiger partial charge in [-0.25, -0.2) is 0 Å². The highest BCUT2D eigenvalue weighted by atomic mass is 16.5. The number of hydrogen-bond donors (Lipinski definition) is 2. The fourth-order valence-corrected chi connectivity index (χ4v) is 4.53. The number of ether oxygens (including phenoxy) is 4. The molecule has 9 nitrogen and oxygen atoms in total. The van der Waals surface area contributed by atoms with Crippen molar-refractivity contribution < 1.29 is 43.5 Å². The van der Waals surface area contributed by atoms with Gasteiger partial charge in [-0.3, -0.25) is 14.4 Å². The number of ketones is 1. The number of unbranched alkanes of at least 4 members (excludes halogenated alkanes) is 3. The molecule has 2 N–H and O–H groups in total. The van der Waals surface area contributed by atoms with Crippen LogP contribution in [0.3, 0.4) is 0 Å². The minimum atomic E-state index is -0.884. The molecule has 0 unspecified atom stereocenters. The SMILES string of the molecule is CCCc1c(OCCCCCOc2ccc(OCCCCC(=O)O)cc2CCC(=O)O)ccc2c1OCCC2=O. The highest BCUT2D eigenvalue weighted by molar-refractivity contribution is 6.00. The van der Waals surface area contributed by atoms with Crippen LogP contribution in [0.15, 0.2) is 30.3 Å². The van der Waals surface area contributed by atoms with E-state index in [0.29, 0.717) is 74.9 Å². The van der Waals surface area contributed by atoms with Crippen LogP contribution in [0.1, 0.15) is 86.2 Å². The Balaban J connectivity index is 1.44. The molecule has 1 heterocycles. The summed E-state index contributed by atoms with van der Waals surface area (Å²) in [5, 5.41) is 17.8. The van der Waals surface area contributed by atoms with E-state index in [4.69, 9.17) is 29.2 Å². The standard InChI is InChI=1S/C31H40O9/c1-2-8-25-28(14-12-24-26(32)16-20-40-31(24)25)39-19-6-3-5-18-38-27-13-11-23(21-22(27)10-15-30(35)36)37-17-7-4-9-29(33)34/h11-14,21H,2-10,15-20H2,1H3,(H,33,34)(H,35,36). The molecule has 1 aliphatic heterocycles. The maximum Gasteiger partial charge on any atom is 0.303 e. The van der Waals surface area contributed by atoms with Crippen molar-refractivity contribution in [2.24, 2.45) is 0 Å². The number of aliphatic carboxylic acids is 2. The Morgan fingerprint density at radius 1 is 0.825 bits per heavy atom. The van der Waals surface area contributed by atoms with Crippen LogP contribution < -0.4 is 18.9 Å². The normalized spacial score (nSPS) is 12.4. The summed E-state index contributed by atoms with van der Waals surface area (Å²) in [6.45, 7) is 3.93. The zero-order chi connectivity index (χ0) is 28.7. The van der Waals surface area contributed by atoms with Gasteiger partial charge in [0.1, 0.15) is 23.0 Å². The molecule has 0 aromatic heterocycles. The summed E-state index contributed by atoms with van der Waals surface area (Å²) in [5.41, 5.74) is 2.39. The zero-order valence-corrected chi connectivity index (χ0v) is 23.2. The van der Waals surface area contributed by atoms with Gasteiger partial charge in [0.2, 0.25) is 0 Å². The second-order valence-corrected chi connectivity index (χ2v) is 9.81. The number of carbonyl (C=O) groups is 3. The minimum Gasteiger partial charge on any atom is -0.494 e. The van der Waals surface area contributed by atoms with Gasteiger partial charge in [0.25, 0.3) is 0 Å². The van der Waals surface area contributed by atoms with Crippen LogP contribution in [0.25, 0.3) is 0 Å². The van der Waals surface area contributed by atoms with Gasteiger partial charge in [0, 0.05) is 24.8 Å². The third-order valence-corrected chi connectivity index (χ3v) is 6.59. The van der Waals surface area contributed by atoms with Gasteiger partial charge in [0.05, 0.1) is 32.0 Å². The quantitative estimate of drug-likeness (QED) is 0.204. The van der Waals surface area contributed by atoms with Crippen molar-refractivity contribution in [1.29, 1.82) is 0 Å². The molecule has 0 fully saturated rings. The van der Waals surface area contributed by atoms with Crippen LogP contribution in [0, 0.1) is 0 Å². The zero-order valence-electron chi connectivity index (χ0n) is 23.2. The Hall–Kier alpha value is -3.75. The lowest BCUT2D eigenvalue weighted by Gasteiger charge is -2.22. The summed E-state index contributed by atoms with van der Waals surface area (Å²) in [5.74, 6) is 1.12. The topological polar surface area (TPSA) is 129 Å². The number of aryl methyl sites for hydroxylation is 1. The van der Waals surface area contributed by atoms with Crippen molar-refractivity contribution in [2.45, 2.75) is 77.6 Å². The van der Waals surface area contributed by atoms with E-state index in [1.807, 2.05) is 6.07 Å². The van der Waals surface area contributed by atoms with E-state index >= 15 is 0 Å². The molecular weight excluding hydrogens is 516 g/mol. The number of benzene rings is 2. The van der Waals surface area contributed by atoms with Crippen LogP contribution in [-0.4, -0.2) is 54.4 Å². The summed E-state index contributed by atoms with van der Waals surface area (Å²) in [7, 11) is 0. The lowest BCUT2D eigenvalue weighted by Crippen LogP contribution is -2.17. The van der Waals surface area contributed by atoms with E-state index in [0.717, 1.165) is 49.0 Å². The third kappa shape index (κ3) is 9.77. The van der Waals surface area contributed by atoms with Gasteiger partial charge in [0.15, 0.2) is 5.78 Å². The predicted octanol–water partition coefficient (Wildman–Crippen LogP) is 5.88. The Labute approximate surface area is 235 Å². The summed E-state index contributed by atoms with van der Waals surface area (Å²) in [6.07, 6.45) is 6.25. The molecule has 3 rings (SSSR count). The van der Waals surface area contributed by atoms with Crippen molar-refractivity contribution in [3.8, 4) is 23.0 Å². The average molecular weight is 557 g/mol. The molecular formula is C31H40O9. The maximum absolute atomic E-state index is 12.2. The molecule has 0 atom stereocenters. The smallest absolute Gasteiger partial charge is 0.303 e. The van der Waals surface area contributed by atoms with Crippen LogP contribution in [0.2, 0.25) is 0 Å². The molecule has 2 aromatic carbocycles. The molecule has 0 amide bonds. The van der Waals surface area contributed by atoms with Gasteiger partial charge in [-0.15, -0.1) is 0 Å². The van der Waals surface area contributed by atoms with Crippen molar-refractivity contribution >= 4 is 17.7 Å². The number of carboxylic acids is 2. The summed E-state index contributed by atoms with van der Waals surface area (Å²) >= 11 is 0. The van der Waals surface area contributed by atoms with E-state index in [2.05, 4.69) is 6.92 Å². The second kappa shape index (κ2) is 16.4. The Morgan fingerprint density at radius 3 is 2.23 bits per heavy atom. The first kappa shape index (κ1) is 30.8. The number of carbonyl (C=O) groups excluding carboxylic acids is 1. The number of hydrogen-bond acceptors (Lipinski definition) is 7. The highest BCUT2D eigenvalue weighted by Gasteiger charge is 2.23. The molecule has 0 bridgehead atoms. The molecule has 0 radical (unpaired) electrons. The monoisotopic (exact) mass is 556 g/mol. The van der Waals surface area contributed by atoms with Gasteiger partial charge < -0.3 is 29.2 Å². The van der Waals surface area contributed by atoms with Gasteiger partial charge in [-0.1, -0.05) is 13.3 Å². The first-order valence-electron chi connectivity index (χ1n) is 14.2. The Morgan fingerprint density at radius 2 is 1.50 bits per heavy atom. The van der Waals surface area contributed by atoms with Gasteiger partial charge >= 0.3 is 11.9 Å². The van der Waals surface area contributed by atoms with E-state index in [1.54, 1.807) is 24.3 Å². The van der Waals surface area contributed by atoms with Crippen molar-refractivity contribution in [3.63, 3.8) is 0 Å². The van der Waals surface area contributed by atoms with Crippen molar-refractivity contribution in [3.05, 3.63) is 47.0 Å². The minimum absolute atomic E-state index is 0.0162. The molecule has 9 heteroatoms. The number of rotatable bonds is 19. The first-order valence-corrected chi connectivity index (χ1v) is 14.2. The predicted molar refractivity (Wildman–Crippen MR) is 149 cm³/mol. The summed E-state index contributed by atoms with van der Waals surface area (Å²) < 4.78 is 23.6. The van der Waals surface area contributed by atoms with Crippen LogP contribution in [0.4, 0.5) is 0 Å². The van der Waals surface area contributed by atoms with Gasteiger partial charge in [-0.05, 0) is 80.8 Å². The van der Waals surface area contributed by atoms with E-state index in [1.165, 1.54) is 0 Å². The molecule has 40 heavy (non-hydrogen) atoms. The molecule has 0 aliphatic carbocycles. The number of Topliss-reactive ketones (excluding diaryl/α,β-unsaturated/α-hetero) is 1. The van der Waals surface area contributed by atoms with Crippen LogP contribution in [0.5, 0.6) is 23.0 Å². The van der Waals surface area contributed by atoms with Crippen molar-refractivity contribution in [2.75, 3.05) is 26.4 Å². The van der Waals surface area contributed by atoms with Crippen LogP contribution >= 0.6 is 0 Å². The maximum atomic E-state index is 12.2. The Kier molecular flexibility index (Phi) is 12.6. The molecule has 2 aromatic rings. The fraction of sp³-hybridized carbons (Fsp3) is 0.516. The fourth-order valence-electron chi connectivity index (χ4n) is 4.53. The summed E-state index contributed by atoms with van der Waals surface area (Å²) in [6, 6.07) is 9.06. The molecule has 0 saturated heterocycles. The van der Waals surface area contributed by atoms with E-state index in [9.17, 15) is 14.4 Å². The summed E-state index contributed by atoms with van der Waals surface area (Å²) in [4.78, 5) is 34.0. The van der Waals surface area contributed by atoms with Gasteiger partial charge in [-0.2, -0.15) is 0 Å². The Bertz CT molecular complexity index is 1140. The second-order valence-electron chi connectivity index (χ2n) is 9.81. The van der Waals surface area contributed by atoms with E-state index < -0.39 is 11.9 Å². The molecule has 0 spiro atoms. The molecule has 1 aliphatic rings. The highest BCUT2D eigenvalue weighted by Crippen LogP contribution is 2.36. The average Bonchev–Trinajstić information content (AvgIpc) is 2.93. The lowest BCUT2D eigenvalue weighted by molar-refractivity contribution is -0.138. The van der Waals surface area contributed by atoms with Crippen molar-refractivity contribution in [1.82, 2.24) is 0 Å². The molecule has 218 valence electrons. The molecule has 0 saturated carbocycles. The lowest BCUT2D eigenvalue weighted by atomic mass is 9.98. The number of carboxylic acid groups (broad SMARTS) is 2. The largest absolute Gasteiger partial charge is 0.494 e.